The van der Waals surface area contributed by atoms with Crippen LogP contribution in [0.15, 0.2) is 12.4 Å². The van der Waals surface area contributed by atoms with E-state index < -0.39 is 0 Å². The van der Waals surface area contributed by atoms with Crippen LogP contribution in [0.4, 0.5) is 0 Å². The monoisotopic (exact) mass is 190 g/mol. The molecule has 0 aliphatic carbocycles. The predicted molar refractivity (Wildman–Crippen MR) is 53.7 cm³/mol. The molecule has 1 fully saturated rings. The second-order valence-corrected chi connectivity index (χ2v) is 3.68. The van der Waals surface area contributed by atoms with Crippen molar-refractivity contribution in [1.29, 1.82) is 0 Å². The summed E-state index contributed by atoms with van der Waals surface area (Å²) in [6.45, 7) is 2.68. The lowest BCUT2D eigenvalue weighted by atomic mass is 10.0. The van der Waals surface area contributed by atoms with Gasteiger partial charge in [-0.05, 0) is 12.8 Å². The van der Waals surface area contributed by atoms with E-state index in [4.69, 9.17) is 11.2 Å². The molecule has 1 aliphatic heterocycles. The minimum absolute atomic E-state index is 0.592. The Kier molecular flexibility index (Phi) is 2.85. The van der Waals surface area contributed by atoms with Crippen molar-refractivity contribution in [3.8, 4) is 12.3 Å². The van der Waals surface area contributed by atoms with Crippen LogP contribution in [0.3, 0.4) is 0 Å². The maximum Gasteiger partial charge on any atom is 0.0646 e. The van der Waals surface area contributed by atoms with E-state index in [1.54, 1.807) is 6.20 Å². The van der Waals surface area contributed by atoms with Gasteiger partial charge >= 0.3 is 0 Å². The molecule has 1 aromatic heterocycles. The third kappa shape index (κ3) is 2.15. The Morgan fingerprint density at radius 3 is 3.29 bits per heavy atom. The third-order valence-electron chi connectivity index (χ3n) is 2.50. The lowest BCUT2D eigenvalue weighted by Gasteiger charge is -2.21. The highest BCUT2D eigenvalue weighted by Crippen LogP contribution is 2.15. The smallest absolute Gasteiger partial charge is 0.0646 e. The molecule has 2 heterocycles. The molecule has 14 heavy (non-hydrogen) atoms. The summed E-state index contributed by atoms with van der Waals surface area (Å²) >= 11 is 0. The van der Waals surface area contributed by atoms with Crippen molar-refractivity contribution in [2.45, 2.75) is 19.4 Å². The lowest BCUT2D eigenvalue weighted by molar-refractivity contribution is 0.0470. The molecule has 2 rings (SSSR count). The summed E-state index contributed by atoms with van der Waals surface area (Å²) in [7, 11) is 0. The highest BCUT2D eigenvalue weighted by Gasteiger charge is 2.14. The fourth-order valence-corrected chi connectivity index (χ4v) is 1.75. The van der Waals surface area contributed by atoms with Crippen LogP contribution in [0.2, 0.25) is 0 Å². The summed E-state index contributed by atoms with van der Waals surface area (Å²) in [6, 6.07) is 0. The Bertz CT molecular complexity index is 331. The summed E-state index contributed by atoms with van der Waals surface area (Å²) in [5, 5.41) is 4.20. The fraction of sp³-hybridized carbons (Fsp3) is 0.545. The van der Waals surface area contributed by atoms with Crippen LogP contribution in [0.5, 0.6) is 0 Å². The molecule has 3 heteroatoms. The fourth-order valence-electron chi connectivity index (χ4n) is 1.75. The topological polar surface area (TPSA) is 27.1 Å². The zero-order valence-corrected chi connectivity index (χ0v) is 8.15. The molecule has 1 saturated heterocycles. The summed E-state index contributed by atoms with van der Waals surface area (Å²) in [4.78, 5) is 0. The zero-order valence-electron chi connectivity index (χ0n) is 8.15. The maximum atomic E-state index is 5.41. The molecular formula is C11H14N2O. The molecule has 1 aromatic rings. The van der Waals surface area contributed by atoms with Crippen LogP contribution in [0, 0.1) is 18.3 Å². The summed E-state index contributed by atoms with van der Waals surface area (Å²) < 4.78 is 7.32. The van der Waals surface area contributed by atoms with Gasteiger partial charge in [0.15, 0.2) is 0 Å². The van der Waals surface area contributed by atoms with Gasteiger partial charge in [-0.2, -0.15) is 5.10 Å². The number of ether oxygens (including phenoxy) is 1. The average molecular weight is 190 g/mol. The van der Waals surface area contributed by atoms with Crippen LogP contribution < -0.4 is 0 Å². The van der Waals surface area contributed by atoms with Crippen molar-refractivity contribution in [3.05, 3.63) is 18.0 Å². The van der Waals surface area contributed by atoms with Gasteiger partial charge in [0.05, 0.1) is 18.4 Å². The molecule has 0 amide bonds. The Morgan fingerprint density at radius 2 is 2.64 bits per heavy atom. The molecule has 0 aromatic carbocycles. The molecule has 0 saturated carbocycles. The van der Waals surface area contributed by atoms with Crippen molar-refractivity contribution in [1.82, 2.24) is 9.78 Å². The average Bonchev–Trinajstić information content (AvgIpc) is 2.67. The van der Waals surface area contributed by atoms with Crippen LogP contribution >= 0.6 is 0 Å². The van der Waals surface area contributed by atoms with Crippen LogP contribution in [-0.2, 0) is 11.3 Å². The Hall–Kier alpha value is -1.27. The van der Waals surface area contributed by atoms with Gasteiger partial charge in [0.1, 0.15) is 0 Å². The molecule has 0 unspecified atom stereocenters. The largest absolute Gasteiger partial charge is 0.381 e. The zero-order chi connectivity index (χ0) is 9.80. The van der Waals surface area contributed by atoms with Gasteiger partial charge in [0, 0.05) is 25.3 Å². The second kappa shape index (κ2) is 4.30. The number of rotatable bonds is 2. The maximum absolute atomic E-state index is 5.41. The number of terminal acetylenes is 1. The summed E-state index contributed by atoms with van der Waals surface area (Å²) in [6.07, 6.45) is 11.3. The molecule has 1 atom stereocenters. The molecule has 74 valence electrons. The van der Waals surface area contributed by atoms with E-state index in [1.165, 1.54) is 6.42 Å². The standard InChI is InChI=1S/C11H14N2O/c1-2-10-6-12-13(7-10)8-11-4-3-5-14-9-11/h1,6-7,11H,3-5,8-9H2/t11-/m1/s1. The van der Waals surface area contributed by atoms with E-state index in [9.17, 15) is 0 Å². The van der Waals surface area contributed by atoms with Gasteiger partial charge in [-0.15, -0.1) is 6.42 Å². The molecule has 0 N–H and O–H groups in total. The van der Waals surface area contributed by atoms with Crippen molar-refractivity contribution in [3.63, 3.8) is 0 Å². The molecule has 0 spiro atoms. The van der Waals surface area contributed by atoms with Gasteiger partial charge in [-0.3, -0.25) is 4.68 Å². The lowest BCUT2D eigenvalue weighted by Crippen LogP contribution is -2.22. The molecule has 1 aliphatic rings. The molecule has 0 radical (unpaired) electrons. The SMILES string of the molecule is C#Cc1cnn(C[C@H]2CCCOC2)c1. The summed E-state index contributed by atoms with van der Waals surface area (Å²) in [5.74, 6) is 3.16. The first kappa shape index (κ1) is 9.29. The Morgan fingerprint density at radius 1 is 1.71 bits per heavy atom. The van der Waals surface area contributed by atoms with E-state index in [-0.39, 0.29) is 0 Å². The number of nitrogens with zero attached hydrogens (tertiary/aromatic N) is 2. The van der Waals surface area contributed by atoms with E-state index in [0.29, 0.717) is 5.92 Å². The normalized spacial score (nSPS) is 21.8. The number of hydrogen-bond donors (Lipinski definition) is 0. The van der Waals surface area contributed by atoms with Gasteiger partial charge < -0.3 is 4.74 Å². The minimum atomic E-state index is 0.592. The van der Waals surface area contributed by atoms with Crippen molar-refractivity contribution in [2.24, 2.45) is 5.92 Å². The highest BCUT2D eigenvalue weighted by atomic mass is 16.5. The van der Waals surface area contributed by atoms with E-state index in [1.807, 2.05) is 10.9 Å². The van der Waals surface area contributed by atoms with Crippen LogP contribution in [0.1, 0.15) is 18.4 Å². The van der Waals surface area contributed by atoms with Crippen molar-refractivity contribution in [2.75, 3.05) is 13.2 Å². The summed E-state index contributed by atoms with van der Waals surface area (Å²) in [5.41, 5.74) is 0.849. The van der Waals surface area contributed by atoms with E-state index in [2.05, 4.69) is 11.0 Å². The molecule has 3 nitrogen and oxygen atoms in total. The van der Waals surface area contributed by atoms with Gasteiger partial charge in [0.25, 0.3) is 0 Å². The Balaban J connectivity index is 1.93. The first-order chi connectivity index (χ1) is 6.88. The minimum Gasteiger partial charge on any atom is -0.381 e. The van der Waals surface area contributed by atoms with Crippen molar-refractivity contribution >= 4 is 0 Å². The first-order valence-corrected chi connectivity index (χ1v) is 4.95. The first-order valence-electron chi connectivity index (χ1n) is 4.95. The van der Waals surface area contributed by atoms with Gasteiger partial charge in [-0.1, -0.05) is 5.92 Å². The van der Waals surface area contributed by atoms with Crippen LogP contribution in [0.25, 0.3) is 0 Å². The highest BCUT2D eigenvalue weighted by molar-refractivity contribution is 5.26. The van der Waals surface area contributed by atoms with Crippen molar-refractivity contribution < 1.29 is 4.74 Å². The second-order valence-electron chi connectivity index (χ2n) is 3.68. The van der Waals surface area contributed by atoms with E-state index >= 15 is 0 Å². The molecular weight excluding hydrogens is 176 g/mol. The van der Waals surface area contributed by atoms with Crippen LogP contribution in [-0.4, -0.2) is 23.0 Å². The van der Waals surface area contributed by atoms with E-state index in [0.717, 1.165) is 31.7 Å². The Labute approximate surface area is 84.1 Å². The van der Waals surface area contributed by atoms with Gasteiger partial charge in [0.2, 0.25) is 0 Å². The predicted octanol–water partition coefficient (Wildman–Crippen LogP) is 1.29. The van der Waals surface area contributed by atoms with Gasteiger partial charge in [-0.25, -0.2) is 0 Å². The number of hydrogen-bond acceptors (Lipinski definition) is 2. The quantitative estimate of drug-likeness (QED) is 0.657. The third-order valence-corrected chi connectivity index (χ3v) is 2.50. The molecule has 0 bridgehead atoms. The number of aromatic nitrogens is 2.